The molecule has 1 rings (SSSR count). The van der Waals surface area contributed by atoms with Crippen LogP contribution in [-0.2, 0) is 6.54 Å². The van der Waals surface area contributed by atoms with Gasteiger partial charge in [-0.2, -0.15) is 13.2 Å². The van der Waals surface area contributed by atoms with E-state index in [1.807, 2.05) is 0 Å². The third-order valence-corrected chi connectivity index (χ3v) is 3.45. The lowest BCUT2D eigenvalue weighted by atomic mass is 10.2. The van der Waals surface area contributed by atoms with Crippen LogP contribution in [0.3, 0.4) is 0 Å². The van der Waals surface area contributed by atoms with Gasteiger partial charge in [-0.25, -0.2) is 0 Å². The van der Waals surface area contributed by atoms with Crippen molar-refractivity contribution in [1.29, 1.82) is 0 Å². The minimum Gasteiger partial charge on any atom is -0.356 e. The molecule has 22 heavy (non-hydrogen) atoms. The van der Waals surface area contributed by atoms with Gasteiger partial charge >= 0.3 is 6.18 Å². The second-order valence-corrected chi connectivity index (χ2v) is 5.50. The number of guanidine groups is 1. The summed E-state index contributed by atoms with van der Waals surface area (Å²) in [5.41, 5.74) is 0.853. The Morgan fingerprint density at radius 2 is 1.91 bits per heavy atom. The highest BCUT2D eigenvalue weighted by Crippen LogP contribution is 2.22. The summed E-state index contributed by atoms with van der Waals surface area (Å²) in [5, 5.41) is 7.10. The minimum absolute atomic E-state index is 0.0938. The third kappa shape index (κ3) is 7.75. The molecule has 1 aromatic carbocycles. The molecule has 0 radical (unpaired) electrons. The predicted octanol–water partition coefficient (Wildman–Crippen LogP) is 4.39. The van der Waals surface area contributed by atoms with Gasteiger partial charge in [0.2, 0.25) is 0 Å². The Morgan fingerprint density at radius 1 is 1.18 bits per heavy atom. The Bertz CT molecular complexity index is 505. The van der Waals surface area contributed by atoms with Crippen molar-refractivity contribution >= 4 is 29.2 Å². The summed E-state index contributed by atoms with van der Waals surface area (Å²) in [5.74, 6) is 0.512. The number of hydrogen-bond acceptors (Lipinski definition) is 1. The van der Waals surface area contributed by atoms with Gasteiger partial charge in [-0.15, -0.1) is 0 Å². The summed E-state index contributed by atoms with van der Waals surface area (Å²) < 4.78 is 36.0. The van der Waals surface area contributed by atoms with Crippen molar-refractivity contribution in [3.8, 4) is 0 Å². The largest absolute Gasteiger partial charge is 0.389 e. The highest BCUT2D eigenvalue weighted by atomic mass is 35.5. The van der Waals surface area contributed by atoms with Crippen LogP contribution in [0.15, 0.2) is 23.2 Å². The van der Waals surface area contributed by atoms with Crippen molar-refractivity contribution in [1.82, 2.24) is 10.6 Å². The van der Waals surface area contributed by atoms with Gasteiger partial charge in [0.05, 0.1) is 0 Å². The highest BCUT2D eigenvalue weighted by Gasteiger charge is 2.25. The average Bonchev–Trinajstić information content (AvgIpc) is 2.42. The van der Waals surface area contributed by atoms with Crippen molar-refractivity contribution < 1.29 is 13.2 Å². The van der Waals surface area contributed by atoms with E-state index in [9.17, 15) is 13.2 Å². The zero-order valence-electron chi connectivity index (χ0n) is 12.1. The molecule has 0 aromatic heterocycles. The van der Waals surface area contributed by atoms with Crippen molar-refractivity contribution in [3.63, 3.8) is 0 Å². The van der Waals surface area contributed by atoms with Crippen molar-refractivity contribution in [3.05, 3.63) is 33.8 Å². The molecular formula is C14H18Cl2F3N3. The number of alkyl halides is 3. The first-order valence-corrected chi connectivity index (χ1v) is 7.52. The van der Waals surface area contributed by atoms with Gasteiger partial charge < -0.3 is 10.6 Å². The first-order valence-electron chi connectivity index (χ1n) is 6.77. The smallest absolute Gasteiger partial charge is 0.356 e. The zero-order chi connectivity index (χ0) is 16.6. The molecule has 1 aromatic rings. The molecule has 0 saturated heterocycles. The molecule has 124 valence electrons. The van der Waals surface area contributed by atoms with Crippen LogP contribution >= 0.6 is 23.2 Å². The fourth-order valence-electron chi connectivity index (χ4n) is 1.72. The fourth-order valence-corrected chi connectivity index (χ4v) is 2.20. The van der Waals surface area contributed by atoms with Crippen molar-refractivity contribution in [2.45, 2.75) is 32.0 Å². The topological polar surface area (TPSA) is 36.4 Å². The third-order valence-electron chi connectivity index (χ3n) is 2.86. The van der Waals surface area contributed by atoms with E-state index in [-0.39, 0.29) is 6.42 Å². The van der Waals surface area contributed by atoms with Crippen LogP contribution in [0.2, 0.25) is 10.0 Å². The standard InChI is InChI=1S/C14H18Cl2F3N3/c1-20-13(21-7-3-2-6-14(17,18)19)22-9-10-4-5-11(15)8-12(10)16/h4-5,8H,2-3,6-7,9H2,1H3,(H2,20,21,22). The Hall–Kier alpha value is -1.14. The van der Waals surface area contributed by atoms with E-state index < -0.39 is 12.6 Å². The first-order chi connectivity index (χ1) is 10.3. The SMILES string of the molecule is CN=C(NCCCCC(F)(F)F)NCc1ccc(Cl)cc1Cl. The summed E-state index contributed by atoms with van der Waals surface area (Å²) in [7, 11) is 1.59. The second kappa shape index (κ2) is 9.10. The lowest BCUT2D eigenvalue weighted by molar-refractivity contribution is -0.135. The van der Waals surface area contributed by atoms with Crippen LogP contribution in [0.25, 0.3) is 0 Å². The molecule has 0 aliphatic heterocycles. The van der Waals surface area contributed by atoms with Crippen LogP contribution in [0.5, 0.6) is 0 Å². The van der Waals surface area contributed by atoms with E-state index in [1.54, 1.807) is 25.2 Å². The second-order valence-electron chi connectivity index (χ2n) is 4.66. The van der Waals surface area contributed by atoms with E-state index in [4.69, 9.17) is 23.2 Å². The summed E-state index contributed by atoms with van der Waals surface area (Å²) in [4.78, 5) is 4.00. The maximum atomic E-state index is 12.0. The molecule has 0 atom stereocenters. The molecule has 0 bridgehead atoms. The van der Waals surface area contributed by atoms with Gasteiger partial charge in [-0.05, 0) is 30.5 Å². The van der Waals surface area contributed by atoms with E-state index >= 15 is 0 Å². The Kier molecular flexibility index (Phi) is 7.82. The summed E-state index contributed by atoms with van der Waals surface area (Å²) in [6.45, 7) is 0.863. The number of rotatable bonds is 6. The van der Waals surface area contributed by atoms with Gasteiger partial charge in [0.1, 0.15) is 0 Å². The number of nitrogens with zero attached hydrogens (tertiary/aromatic N) is 1. The average molecular weight is 356 g/mol. The van der Waals surface area contributed by atoms with Crippen LogP contribution in [-0.4, -0.2) is 25.7 Å². The lowest BCUT2D eigenvalue weighted by Gasteiger charge is -2.13. The van der Waals surface area contributed by atoms with Gasteiger partial charge in [0.15, 0.2) is 5.96 Å². The van der Waals surface area contributed by atoms with Crippen molar-refractivity contribution in [2.24, 2.45) is 4.99 Å². The molecule has 0 spiro atoms. The van der Waals surface area contributed by atoms with Crippen LogP contribution in [0, 0.1) is 0 Å². The summed E-state index contributed by atoms with van der Waals surface area (Å²) >= 11 is 11.9. The number of aliphatic imine (C=N–C) groups is 1. The normalized spacial score (nSPS) is 12.4. The van der Waals surface area contributed by atoms with E-state index in [2.05, 4.69) is 15.6 Å². The van der Waals surface area contributed by atoms with Crippen molar-refractivity contribution in [2.75, 3.05) is 13.6 Å². The monoisotopic (exact) mass is 355 g/mol. The van der Waals surface area contributed by atoms with E-state index in [0.29, 0.717) is 35.5 Å². The van der Waals surface area contributed by atoms with Crippen LogP contribution in [0.1, 0.15) is 24.8 Å². The maximum Gasteiger partial charge on any atom is 0.389 e. The molecular weight excluding hydrogens is 338 g/mol. The highest BCUT2D eigenvalue weighted by molar-refractivity contribution is 6.35. The van der Waals surface area contributed by atoms with E-state index in [0.717, 1.165) is 5.56 Å². The molecule has 0 amide bonds. The van der Waals surface area contributed by atoms with Gasteiger partial charge in [-0.1, -0.05) is 29.3 Å². The fraction of sp³-hybridized carbons (Fsp3) is 0.500. The number of unbranched alkanes of at least 4 members (excludes halogenated alkanes) is 1. The number of benzene rings is 1. The molecule has 0 heterocycles. The zero-order valence-corrected chi connectivity index (χ0v) is 13.6. The quantitative estimate of drug-likeness (QED) is 0.451. The van der Waals surface area contributed by atoms with Crippen LogP contribution < -0.4 is 10.6 Å². The molecule has 8 heteroatoms. The van der Waals surface area contributed by atoms with Gasteiger partial charge in [0, 0.05) is 36.6 Å². The molecule has 0 fully saturated rings. The van der Waals surface area contributed by atoms with E-state index in [1.165, 1.54) is 0 Å². The molecule has 2 N–H and O–H groups in total. The molecule has 0 unspecified atom stereocenters. The molecule has 0 aliphatic carbocycles. The maximum absolute atomic E-state index is 12.0. The summed E-state index contributed by atoms with van der Waals surface area (Å²) in [6.07, 6.45) is -4.34. The molecule has 3 nitrogen and oxygen atoms in total. The minimum atomic E-state index is -4.09. The van der Waals surface area contributed by atoms with Crippen LogP contribution in [0.4, 0.5) is 13.2 Å². The Morgan fingerprint density at radius 3 is 2.50 bits per heavy atom. The Labute approximate surface area is 137 Å². The van der Waals surface area contributed by atoms with Gasteiger partial charge in [-0.3, -0.25) is 4.99 Å². The number of nitrogens with one attached hydrogen (secondary N) is 2. The Balaban J connectivity index is 2.31. The lowest BCUT2D eigenvalue weighted by Crippen LogP contribution is -2.37. The molecule has 0 aliphatic rings. The molecule has 0 saturated carbocycles. The first kappa shape index (κ1) is 18.9. The number of halogens is 5. The van der Waals surface area contributed by atoms with Gasteiger partial charge in [0.25, 0.3) is 0 Å². The summed E-state index contributed by atoms with van der Waals surface area (Å²) in [6, 6.07) is 5.18. The predicted molar refractivity (Wildman–Crippen MR) is 84.6 cm³/mol. The number of hydrogen-bond donors (Lipinski definition) is 2.